The molecule has 0 aromatic rings. The number of ether oxygens (including phenoxy) is 1. The van der Waals surface area contributed by atoms with Crippen molar-refractivity contribution in [1.82, 2.24) is 5.32 Å². The molecule has 1 N–H and O–H groups in total. The van der Waals surface area contributed by atoms with Crippen molar-refractivity contribution in [3.8, 4) is 0 Å². The Morgan fingerprint density at radius 3 is 2.77 bits per heavy atom. The molecule has 0 amide bonds. The SMILES string of the molecule is CCCC1CC(NC2CC2)CCO1. The van der Waals surface area contributed by atoms with Gasteiger partial charge in [0.25, 0.3) is 0 Å². The van der Waals surface area contributed by atoms with Crippen molar-refractivity contribution in [3.05, 3.63) is 0 Å². The van der Waals surface area contributed by atoms with Gasteiger partial charge in [0, 0.05) is 18.7 Å². The lowest BCUT2D eigenvalue weighted by atomic mass is 10.00. The lowest BCUT2D eigenvalue weighted by Gasteiger charge is -2.30. The summed E-state index contributed by atoms with van der Waals surface area (Å²) in [6, 6.07) is 1.60. The van der Waals surface area contributed by atoms with Gasteiger partial charge >= 0.3 is 0 Å². The highest BCUT2D eigenvalue weighted by molar-refractivity contribution is 4.87. The van der Waals surface area contributed by atoms with Crippen molar-refractivity contribution in [2.75, 3.05) is 6.61 Å². The fourth-order valence-electron chi connectivity index (χ4n) is 2.14. The third kappa shape index (κ3) is 2.96. The fourth-order valence-corrected chi connectivity index (χ4v) is 2.14. The van der Waals surface area contributed by atoms with Gasteiger partial charge in [0.15, 0.2) is 0 Å². The molecule has 1 saturated heterocycles. The molecule has 2 nitrogen and oxygen atoms in total. The Morgan fingerprint density at radius 1 is 1.23 bits per heavy atom. The van der Waals surface area contributed by atoms with Gasteiger partial charge in [-0.1, -0.05) is 13.3 Å². The minimum Gasteiger partial charge on any atom is -0.378 e. The van der Waals surface area contributed by atoms with E-state index in [1.54, 1.807) is 0 Å². The summed E-state index contributed by atoms with van der Waals surface area (Å²) < 4.78 is 5.71. The van der Waals surface area contributed by atoms with Gasteiger partial charge in [-0.2, -0.15) is 0 Å². The third-order valence-electron chi connectivity index (χ3n) is 3.03. The number of rotatable bonds is 4. The summed E-state index contributed by atoms with van der Waals surface area (Å²) in [6.07, 6.45) is 8.28. The minimum absolute atomic E-state index is 0.537. The topological polar surface area (TPSA) is 21.3 Å². The molecule has 0 spiro atoms. The molecule has 1 aliphatic carbocycles. The quantitative estimate of drug-likeness (QED) is 0.720. The van der Waals surface area contributed by atoms with Crippen LogP contribution in [0.2, 0.25) is 0 Å². The summed E-state index contributed by atoms with van der Waals surface area (Å²) in [4.78, 5) is 0. The Bertz CT molecular complexity index is 154. The molecule has 0 bridgehead atoms. The highest BCUT2D eigenvalue weighted by Gasteiger charge is 2.28. The summed E-state index contributed by atoms with van der Waals surface area (Å²) in [7, 11) is 0. The molecule has 13 heavy (non-hydrogen) atoms. The average molecular weight is 183 g/mol. The van der Waals surface area contributed by atoms with Gasteiger partial charge in [0.2, 0.25) is 0 Å². The van der Waals surface area contributed by atoms with Crippen LogP contribution in [0.3, 0.4) is 0 Å². The van der Waals surface area contributed by atoms with Crippen LogP contribution in [0.15, 0.2) is 0 Å². The van der Waals surface area contributed by atoms with Crippen molar-refractivity contribution in [1.29, 1.82) is 0 Å². The van der Waals surface area contributed by atoms with E-state index in [4.69, 9.17) is 4.74 Å². The second-order valence-electron chi connectivity index (χ2n) is 4.44. The van der Waals surface area contributed by atoms with Crippen LogP contribution >= 0.6 is 0 Å². The van der Waals surface area contributed by atoms with Crippen molar-refractivity contribution >= 4 is 0 Å². The van der Waals surface area contributed by atoms with Crippen molar-refractivity contribution in [3.63, 3.8) is 0 Å². The standard InChI is InChI=1S/C11H21NO/c1-2-3-11-8-10(6-7-13-11)12-9-4-5-9/h9-12H,2-8H2,1H3. The van der Waals surface area contributed by atoms with Crippen molar-refractivity contribution in [2.45, 2.75) is 63.6 Å². The van der Waals surface area contributed by atoms with Crippen LogP contribution in [-0.4, -0.2) is 24.8 Å². The lowest BCUT2D eigenvalue weighted by Crippen LogP contribution is -2.39. The van der Waals surface area contributed by atoms with E-state index in [0.717, 1.165) is 18.7 Å². The molecule has 0 radical (unpaired) electrons. The summed E-state index contributed by atoms with van der Waals surface area (Å²) in [5.41, 5.74) is 0. The normalized spacial score (nSPS) is 34.8. The van der Waals surface area contributed by atoms with Crippen molar-refractivity contribution in [2.24, 2.45) is 0 Å². The Kier molecular flexibility index (Phi) is 3.23. The molecule has 2 heteroatoms. The van der Waals surface area contributed by atoms with E-state index in [1.165, 1.54) is 38.5 Å². The van der Waals surface area contributed by atoms with Crippen LogP contribution in [-0.2, 0) is 4.74 Å². The summed E-state index contributed by atoms with van der Waals surface area (Å²) >= 11 is 0. The number of hydrogen-bond donors (Lipinski definition) is 1. The fraction of sp³-hybridized carbons (Fsp3) is 1.00. The second kappa shape index (κ2) is 4.43. The van der Waals surface area contributed by atoms with Crippen LogP contribution in [0.4, 0.5) is 0 Å². The first kappa shape index (κ1) is 9.47. The maximum absolute atomic E-state index is 5.71. The summed E-state index contributed by atoms with van der Waals surface area (Å²) in [5.74, 6) is 0. The maximum atomic E-state index is 5.71. The highest BCUT2D eigenvalue weighted by Crippen LogP contribution is 2.24. The third-order valence-corrected chi connectivity index (χ3v) is 3.03. The predicted molar refractivity (Wildman–Crippen MR) is 53.8 cm³/mol. The molecule has 2 atom stereocenters. The molecule has 0 aromatic carbocycles. The zero-order chi connectivity index (χ0) is 9.10. The van der Waals surface area contributed by atoms with E-state index >= 15 is 0 Å². The molecular formula is C11H21NO. The predicted octanol–water partition coefficient (Wildman–Crippen LogP) is 2.09. The van der Waals surface area contributed by atoms with E-state index in [0.29, 0.717) is 6.10 Å². The Hall–Kier alpha value is -0.0800. The van der Waals surface area contributed by atoms with Gasteiger partial charge in [-0.15, -0.1) is 0 Å². The lowest BCUT2D eigenvalue weighted by molar-refractivity contribution is -0.00341. The van der Waals surface area contributed by atoms with Crippen LogP contribution < -0.4 is 5.32 Å². The molecular weight excluding hydrogens is 162 g/mol. The van der Waals surface area contributed by atoms with E-state index < -0.39 is 0 Å². The molecule has 2 unspecified atom stereocenters. The van der Waals surface area contributed by atoms with Gasteiger partial charge in [-0.3, -0.25) is 0 Å². The average Bonchev–Trinajstić information content (AvgIpc) is 2.90. The molecule has 2 rings (SSSR count). The Balaban J connectivity index is 1.70. The van der Waals surface area contributed by atoms with Crippen LogP contribution in [0, 0.1) is 0 Å². The van der Waals surface area contributed by atoms with Gasteiger partial charge < -0.3 is 10.1 Å². The first-order valence-electron chi connectivity index (χ1n) is 5.76. The molecule has 0 aromatic heterocycles. The second-order valence-corrected chi connectivity index (χ2v) is 4.44. The first-order chi connectivity index (χ1) is 6.38. The maximum Gasteiger partial charge on any atom is 0.0589 e. The monoisotopic (exact) mass is 183 g/mol. The minimum atomic E-state index is 0.537. The van der Waals surface area contributed by atoms with Gasteiger partial charge in [-0.25, -0.2) is 0 Å². The van der Waals surface area contributed by atoms with E-state index in [2.05, 4.69) is 12.2 Å². The van der Waals surface area contributed by atoms with E-state index in [1.807, 2.05) is 0 Å². The Labute approximate surface area is 81.0 Å². The molecule has 2 aliphatic rings. The molecule has 76 valence electrons. The van der Waals surface area contributed by atoms with Crippen molar-refractivity contribution < 1.29 is 4.74 Å². The Morgan fingerprint density at radius 2 is 2.08 bits per heavy atom. The molecule has 1 aliphatic heterocycles. The number of nitrogens with one attached hydrogen (secondary N) is 1. The zero-order valence-electron chi connectivity index (χ0n) is 8.59. The smallest absolute Gasteiger partial charge is 0.0589 e. The molecule has 1 saturated carbocycles. The van der Waals surface area contributed by atoms with Crippen LogP contribution in [0.1, 0.15) is 45.4 Å². The highest BCUT2D eigenvalue weighted by atomic mass is 16.5. The zero-order valence-corrected chi connectivity index (χ0v) is 8.59. The summed E-state index contributed by atoms with van der Waals surface area (Å²) in [5, 5.41) is 3.70. The van der Waals surface area contributed by atoms with Gasteiger partial charge in [-0.05, 0) is 32.1 Å². The van der Waals surface area contributed by atoms with Crippen LogP contribution in [0.5, 0.6) is 0 Å². The molecule has 2 fully saturated rings. The molecule has 1 heterocycles. The van der Waals surface area contributed by atoms with E-state index in [9.17, 15) is 0 Å². The van der Waals surface area contributed by atoms with Crippen LogP contribution in [0.25, 0.3) is 0 Å². The largest absolute Gasteiger partial charge is 0.378 e. The van der Waals surface area contributed by atoms with Gasteiger partial charge in [0.1, 0.15) is 0 Å². The number of hydrogen-bond acceptors (Lipinski definition) is 2. The first-order valence-corrected chi connectivity index (χ1v) is 5.76. The van der Waals surface area contributed by atoms with Gasteiger partial charge in [0.05, 0.1) is 6.10 Å². The van der Waals surface area contributed by atoms with E-state index in [-0.39, 0.29) is 0 Å². The summed E-state index contributed by atoms with van der Waals surface area (Å²) in [6.45, 7) is 3.20.